The number of nitrogens with one attached hydrogen (secondary N) is 1. The van der Waals surface area contributed by atoms with Gasteiger partial charge in [-0.3, -0.25) is 0 Å². The molecule has 1 amide bonds. The van der Waals surface area contributed by atoms with E-state index < -0.39 is 51.7 Å². The zero-order valence-electron chi connectivity index (χ0n) is 20.9. The summed E-state index contributed by atoms with van der Waals surface area (Å²) in [6, 6.07) is -0.563. The Hall–Kier alpha value is -0.730. The molecule has 11 nitrogen and oxygen atoms in total. The van der Waals surface area contributed by atoms with Gasteiger partial charge < -0.3 is 33.7 Å². The van der Waals surface area contributed by atoms with Gasteiger partial charge >= 0.3 is 35.7 Å². The molecule has 192 valence electrons. The van der Waals surface area contributed by atoms with Crippen LogP contribution >= 0.6 is 0 Å². The molecule has 6 atom stereocenters. The molecule has 3 saturated heterocycles. The molecule has 1 N–H and O–H groups in total. The second-order valence-corrected chi connectivity index (χ2v) is 11.9. The predicted octanol–water partition coefficient (Wildman–Crippen LogP) is -3.44. The standard InChI is InChI=1S/C22H34N2O9S.Na/c1-13(2)5-6-16-21(3,33-16)19-18(30-4)15(7-8-22(19)12-31-22)32-20(27)24-9-14(10-24)23-34(28,29)11-17(25)26;/h5,14-16,18-19,23H,6-12H2,1-4H3,(H,25,26);/q;+1/p-1/t15-,16-,18-,19-,21+,22+;/m1./s1. The van der Waals surface area contributed by atoms with Gasteiger partial charge in [0, 0.05) is 20.2 Å². The van der Waals surface area contributed by atoms with Crippen molar-refractivity contribution in [1.82, 2.24) is 9.62 Å². The SMILES string of the molecule is CO[C@@H]1[C@H](OC(=O)N2CC(NS(=O)(=O)CC(=O)[O-])C2)CC[C@]2(CO2)[C@H]1[C@@]1(C)O[C@@H]1CC=C(C)C.[Na+]. The molecule has 0 aromatic carbocycles. The quantitative estimate of drug-likeness (QED) is 0.185. The molecule has 3 heterocycles. The van der Waals surface area contributed by atoms with Gasteiger partial charge in [-0.2, -0.15) is 0 Å². The van der Waals surface area contributed by atoms with E-state index in [1.54, 1.807) is 7.11 Å². The number of sulfonamides is 1. The Morgan fingerprint density at radius 1 is 1.29 bits per heavy atom. The Bertz CT molecular complexity index is 960. The molecule has 13 heteroatoms. The minimum Gasteiger partial charge on any atom is -0.549 e. The van der Waals surface area contributed by atoms with E-state index in [4.69, 9.17) is 18.9 Å². The number of carbonyl (C=O) groups is 2. The van der Waals surface area contributed by atoms with Gasteiger partial charge in [-0.1, -0.05) is 11.6 Å². The molecule has 35 heavy (non-hydrogen) atoms. The maximum atomic E-state index is 12.7. The van der Waals surface area contributed by atoms with Gasteiger partial charge in [-0.15, -0.1) is 0 Å². The minimum absolute atomic E-state index is 0. The van der Waals surface area contributed by atoms with E-state index in [9.17, 15) is 23.1 Å². The molecule has 0 aromatic heterocycles. The van der Waals surface area contributed by atoms with E-state index in [1.807, 2.05) is 13.8 Å². The van der Waals surface area contributed by atoms with Crippen LogP contribution in [-0.2, 0) is 33.8 Å². The zero-order chi connectivity index (χ0) is 24.9. The first-order chi connectivity index (χ1) is 15.9. The van der Waals surface area contributed by atoms with Crippen molar-refractivity contribution in [2.75, 3.05) is 32.6 Å². The van der Waals surface area contributed by atoms with Crippen molar-refractivity contribution < 1.29 is 71.6 Å². The number of hydrogen-bond acceptors (Lipinski definition) is 9. The van der Waals surface area contributed by atoms with Gasteiger partial charge in [0.1, 0.15) is 29.2 Å². The second kappa shape index (κ2) is 10.6. The molecule has 0 aromatic rings. The minimum atomic E-state index is -4.01. The van der Waals surface area contributed by atoms with Crippen LogP contribution in [-0.4, -0.2) is 93.5 Å². The van der Waals surface area contributed by atoms with Crippen LogP contribution in [0.15, 0.2) is 11.6 Å². The number of aliphatic carboxylic acids is 1. The molecular formula is C22H33N2NaO9S. The number of methoxy groups -OCH3 is 1. The number of rotatable bonds is 9. The van der Waals surface area contributed by atoms with Crippen LogP contribution in [0.2, 0.25) is 0 Å². The van der Waals surface area contributed by atoms with Crippen LogP contribution in [0.1, 0.15) is 40.0 Å². The molecule has 1 aliphatic carbocycles. The first-order valence-corrected chi connectivity index (χ1v) is 13.2. The van der Waals surface area contributed by atoms with E-state index in [0.29, 0.717) is 13.0 Å². The number of epoxide rings is 2. The number of likely N-dealkylation sites (tertiary alicyclic amines) is 1. The van der Waals surface area contributed by atoms with Gasteiger partial charge in [-0.05, 0) is 40.0 Å². The third kappa shape index (κ3) is 6.23. The number of ether oxygens (including phenoxy) is 4. The van der Waals surface area contributed by atoms with Crippen LogP contribution in [0.5, 0.6) is 0 Å². The largest absolute Gasteiger partial charge is 1.00 e. The number of allylic oxidation sites excluding steroid dienone is 1. The molecule has 0 radical (unpaired) electrons. The molecule has 1 saturated carbocycles. The second-order valence-electron chi connectivity index (χ2n) is 10.2. The third-order valence-electron chi connectivity index (χ3n) is 7.28. The number of nitrogens with zero attached hydrogens (tertiary/aromatic N) is 1. The van der Waals surface area contributed by atoms with Crippen molar-refractivity contribution in [3.63, 3.8) is 0 Å². The van der Waals surface area contributed by atoms with E-state index >= 15 is 0 Å². The normalized spacial score (nSPS) is 36.1. The van der Waals surface area contributed by atoms with Crippen molar-refractivity contribution >= 4 is 22.1 Å². The molecule has 4 fully saturated rings. The molecule has 3 aliphatic heterocycles. The smallest absolute Gasteiger partial charge is 0.549 e. The average molecular weight is 525 g/mol. The summed E-state index contributed by atoms with van der Waals surface area (Å²) in [6.07, 6.45) is 2.87. The maximum Gasteiger partial charge on any atom is 1.00 e. The fraction of sp³-hybridized carbons (Fsp3) is 0.818. The summed E-state index contributed by atoms with van der Waals surface area (Å²) in [4.78, 5) is 24.7. The number of hydrogen-bond donors (Lipinski definition) is 1. The first-order valence-electron chi connectivity index (χ1n) is 11.5. The van der Waals surface area contributed by atoms with Crippen molar-refractivity contribution in [2.45, 2.75) is 75.6 Å². The molecule has 4 aliphatic rings. The number of carbonyl (C=O) groups excluding carboxylic acids is 2. The first kappa shape index (κ1) is 28.8. The van der Waals surface area contributed by atoms with Crippen molar-refractivity contribution in [2.24, 2.45) is 5.92 Å². The van der Waals surface area contributed by atoms with Gasteiger partial charge in [0.2, 0.25) is 10.0 Å². The summed E-state index contributed by atoms with van der Waals surface area (Å²) in [7, 11) is -2.41. The summed E-state index contributed by atoms with van der Waals surface area (Å²) in [5, 5.41) is 10.5. The van der Waals surface area contributed by atoms with Crippen LogP contribution in [0.3, 0.4) is 0 Å². The van der Waals surface area contributed by atoms with Crippen molar-refractivity contribution in [3.05, 3.63) is 11.6 Å². The van der Waals surface area contributed by atoms with Gasteiger partial charge in [0.15, 0.2) is 0 Å². The number of carboxylic acids is 1. The Balaban J connectivity index is 0.00000342. The van der Waals surface area contributed by atoms with Crippen LogP contribution < -0.4 is 39.4 Å². The van der Waals surface area contributed by atoms with Crippen LogP contribution in [0.25, 0.3) is 0 Å². The van der Waals surface area contributed by atoms with E-state index in [2.05, 4.69) is 17.7 Å². The molecular weight excluding hydrogens is 491 g/mol. The van der Waals surface area contributed by atoms with Crippen molar-refractivity contribution in [3.8, 4) is 0 Å². The van der Waals surface area contributed by atoms with Gasteiger partial charge in [-0.25, -0.2) is 17.9 Å². The summed E-state index contributed by atoms with van der Waals surface area (Å²) < 4.78 is 49.4. The van der Waals surface area contributed by atoms with E-state index in [0.717, 1.165) is 12.8 Å². The van der Waals surface area contributed by atoms with E-state index in [1.165, 1.54) is 10.5 Å². The fourth-order valence-electron chi connectivity index (χ4n) is 5.43. The Morgan fingerprint density at radius 3 is 2.49 bits per heavy atom. The molecule has 4 rings (SSSR count). The summed E-state index contributed by atoms with van der Waals surface area (Å²) in [6.45, 7) is 6.99. The van der Waals surface area contributed by atoms with Gasteiger partial charge in [0.25, 0.3) is 0 Å². The maximum absolute atomic E-state index is 12.7. The topological polar surface area (TPSA) is 150 Å². The predicted molar refractivity (Wildman–Crippen MR) is 117 cm³/mol. The third-order valence-corrected chi connectivity index (χ3v) is 8.59. The van der Waals surface area contributed by atoms with Gasteiger partial charge in [0.05, 0.1) is 30.6 Å². The molecule has 0 bridgehead atoms. The van der Waals surface area contributed by atoms with Crippen LogP contribution in [0.4, 0.5) is 4.79 Å². The summed E-state index contributed by atoms with van der Waals surface area (Å²) in [5.41, 5.74) is 0.466. The summed E-state index contributed by atoms with van der Waals surface area (Å²) >= 11 is 0. The van der Waals surface area contributed by atoms with Crippen LogP contribution in [0, 0.1) is 5.92 Å². The zero-order valence-corrected chi connectivity index (χ0v) is 23.8. The monoisotopic (exact) mass is 524 g/mol. The Kier molecular flexibility index (Phi) is 8.70. The number of amides is 1. The Morgan fingerprint density at radius 2 is 1.94 bits per heavy atom. The number of carboxylic acid groups (broad SMARTS) is 1. The molecule has 0 unspecified atom stereocenters. The van der Waals surface area contributed by atoms with Crippen molar-refractivity contribution in [1.29, 1.82) is 0 Å². The average Bonchev–Trinajstić information content (AvgIpc) is 3.60. The molecule has 1 spiro atoms. The summed E-state index contributed by atoms with van der Waals surface area (Å²) in [5.74, 6) is -2.89. The van der Waals surface area contributed by atoms with E-state index in [-0.39, 0.29) is 60.3 Å². The Labute approximate surface area is 228 Å². The fourth-order valence-corrected chi connectivity index (χ4v) is 6.48.